The van der Waals surface area contributed by atoms with Gasteiger partial charge in [0.25, 0.3) is 0 Å². The molecule has 0 aliphatic heterocycles. The van der Waals surface area contributed by atoms with E-state index in [1.807, 2.05) is 13.8 Å². The average Bonchev–Trinajstić information content (AvgIpc) is 2.45. The minimum Gasteiger partial charge on any atom is -0.377 e. The van der Waals surface area contributed by atoms with Crippen molar-refractivity contribution in [2.75, 3.05) is 20.8 Å². The molecule has 1 aliphatic rings. The van der Waals surface area contributed by atoms with E-state index in [4.69, 9.17) is 18.0 Å². The molecule has 0 radical (unpaired) electrons. The van der Waals surface area contributed by atoms with Gasteiger partial charge in [-0.05, 0) is 19.8 Å². The summed E-state index contributed by atoms with van der Waals surface area (Å²) in [6.45, 7) is 4.72. The first-order chi connectivity index (χ1) is 8.71. The normalized spacial score (nSPS) is 20.0. The van der Waals surface area contributed by atoms with Gasteiger partial charge in [-0.3, -0.25) is 0 Å². The van der Waals surface area contributed by atoms with Crippen LogP contribution in [-0.4, -0.2) is 35.9 Å². The third-order valence-corrected chi connectivity index (χ3v) is 6.42. The molecule has 0 aromatic heterocycles. The molecule has 0 aromatic rings. The Labute approximate surface area is 112 Å². The van der Waals surface area contributed by atoms with Crippen molar-refractivity contribution < 1.29 is 18.0 Å². The topological polar surface area (TPSA) is 36.9 Å². The lowest BCUT2D eigenvalue weighted by atomic mass is 9.89. The summed E-state index contributed by atoms with van der Waals surface area (Å²) in [6.07, 6.45) is 6.09. The molecule has 5 heteroatoms. The second-order valence-corrected chi connectivity index (χ2v) is 7.91. The van der Waals surface area contributed by atoms with Gasteiger partial charge in [-0.15, -0.1) is 0 Å². The van der Waals surface area contributed by atoms with Gasteiger partial charge in [0.05, 0.1) is 0 Å². The molecular weight excluding hydrogens is 248 g/mol. The molecule has 1 unspecified atom stereocenters. The highest BCUT2D eigenvalue weighted by molar-refractivity contribution is 6.60. The molecule has 0 bridgehead atoms. The molecular formula is C13H28O4Si. The van der Waals surface area contributed by atoms with Crippen molar-refractivity contribution in [3.05, 3.63) is 0 Å². The largest absolute Gasteiger partial charge is 0.502 e. The fourth-order valence-electron chi connectivity index (χ4n) is 2.57. The molecule has 4 nitrogen and oxygen atoms in total. The molecule has 0 heterocycles. The van der Waals surface area contributed by atoms with Crippen LogP contribution in [0.1, 0.15) is 46.0 Å². The molecule has 108 valence electrons. The summed E-state index contributed by atoms with van der Waals surface area (Å²) in [5.41, 5.74) is 0. The summed E-state index contributed by atoms with van der Waals surface area (Å²) >= 11 is 0. The third kappa shape index (κ3) is 4.31. The van der Waals surface area contributed by atoms with Crippen molar-refractivity contribution in [2.24, 2.45) is 5.92 Å². The van der Waals surface area contributed by atoms with E-state index in [-0.39, 0.29) is 6.29 Å². The van der Waals surface area contributed by atoms with Crippen molar-refractivity contribution in [3.8, 4) is 0 Å². The number of hydrogen-bond donors (Lipinski definition) is 0. The maximum Gasteiger partial charge on any atom is 0.502 e. The summed E-state index contributed by atoms with van der Waals surface area (Å²) in [4.78, 5) is 0. The van der Waals surface area contributed by atoms with Crippen LogP contribution < -0.4 is 0 Å². The quantitative estimate of drug-likeness (QED) is 0.504. The minimum absolute atomic E-state index is 0.165. The maximum atomic E-state index is 6.14. The molecule has 0 saturated heterocycles. The summed E-state index contributed by atoms with van der Waals surface area (Å²) in [7, 11) is 0.813. The molecule has 1 aliphatic carbocycles. The highest BCUT2D eigenvalue weighted by atomic mass is 28.4. The lowest BCUT2D eigenvalue weighted by Crippen LogP contribution is -2.48. The average molecular weight is 276 g/mol. The van der Waals surface area contributed by atoms with E-state index in [0.29, 0.717) is 12.5 Å². The van der Waals surface area contributed by atoms with Crippen LogP contribution in [0.2, 0.25) is 6.04 Å². The van der Waals surface area contributed by atoms with E-state index in [1.165, 1.54) is 32.1 Å². The molecule has 1 atom stereocenters. The predicted octanol–water partition coefficient (Wildman–Crippen LogP) is 3.20. The van der Waals surface area contributed by atoms with Crippen LogP contribution in [0.25, 0.3) is 0 Å². The second kappa shape index (κ2) is 8.27. The van der Waals surface area contributed by atoms with Gasteiger partial charge < -0.3 is 18.0 Å². The van der Waals surface area contributed by atoms with Gasteiger partial charge in [0.2, 0.25) is 0 Å². The second-order valence-electron chi connectivity index (χ2n) is 4.78. The van der Waals surface area contributed by atoms with Gasteiger partial charge in [0.15, 0.2) is 6.29 Å². The zero-order valence-corrected chi connectivity index (χ0v) is 13.2. The zero-order chi connectivity index (χ0) is 13.4. The van der Waals surface area contributed by atoms with Crippen LogP contribution in [0.5, 0.6) is 0 Å². The van der Waals surface area contributed by atoms with E-state index >= 15 is 0 Å². The Morgan fingerprint density at radius 1 is 1.06 bits per heavy atom. The smallest absolute Gasteiger partial charge is 0.377 e. The van der Waals surface area contributed by atoms with E-state index in [9.17, 15) is 0 Å². The Morgan fingerprint density at radius 2 is 1.67 bits per heavy atom. The molecule has 1 fully saturated rings. The molecule has 1 rings (SSSR count). The Balaban J connectivity index is 2.64. The first-order valence-corrected chi connectivity index (χ1v) is 9.04. The van der Waals surface area contributed by atoms with Gasteiger partial charge in [0, 0.05) is 32.8 Å². The Bertz CT molecular complexity index is 207. The maximum absolute atomic E-state index is 6.14. The molecule has 0 spiro atoms. The highest BCUT2D eigenvalue weighted by Crippen LogP contribution is 2.31. The third-order valence-electron chi connectivity index (χ3n) is 3.72. The van der Waals surface area contributed by atoms with Gasteiger partial charge in [-0.2, -0.15) is 0 Å². The fraction of sp³-hybridized carbons (Fsp3) is 1.00. The van der Waals surface area contributed by atoms with E-state index in [2.05, 4.69) is 0 Å². The summed E-state index contributed by atoms with van der Waals surface area (Å²) in [6, 6.07) is 0.774. The first-order valence-electron chi connectivity index (χ1n) is 7.11. The predicted molar refractivity (Wildman–Crippen MR) is 73.3 cm³/mol. The van der Waals surface area contributed by atoms with Gasteiger partial charge in [-0.1, -0.05) is 26.2 Å². The van der Waals surface area contributed by atoms with E-state index in [0.717, 1.165) is 6.04 Å². The van der Waals surface area contributed by atoms with Crippen LogP contribution in [-0.2, 0) is 18.0 Å². The van der Waals surface area contributed by atoms with Crippen LogP contribution in [0, 0.1) is 5.92 Å². The van der Waals surface area contributed by atoms with Crippen molar-refractivity contribution in [1.29, 1.82) is 0 Å². The van der Waals surface area contributed by atoms with Crippen molar-refractivity contribution in [3.63, 3.8) is 0 Å². The standard InChI is InChI=1S/C13H28O4Si/c1-5-16-13(12-10-8-7-9-11-12)17-18(6-2,14-3)15-4/h12-13H,5-11H2,1-4H3. The Morgan fingerprint density at radius 3 is 2.11 bits per heavy atom. The monoisotopic (exact) mass is 276 g/mol. The molecule has 0 amide bonds. The molecule has 0 aromatic carbocycles. The van der Waals surface area contributed by atoms with E-state index in [1.54, 1.807) is 14.2 Å². The molecule has 1 saturated carbocycles. The SMILES string of the molecule is CCOC(O[Si](CC)(OC)OC)C1CCCCC1. The summed E-state index contributed by atoms with van der Waals surface area (Å²) < 4.78 is 23.0. The van der Waals surface area contributed by atoms with Crippen LogP contribution in [0.4, 0.5) is 0 Å². The van der Waals surface area contributed by atoms with Crippen LogP contribution >= 0.6 is 0 Å². The Kier molecular flexibility index (Phi) is 7.40. The lowest BCUT2D eigenvalue weighted by molar-refractivity contribution is -0.148. The number of hydrogen-bond acceptors (Lipinski definition) is 4. The number of ether oxygens (including phenoxy) is 1. The van der Waals surface area contributed by atoms with Gasteiger partial charge in [-0.25, -0.2) is 0 Å². The van der Waals surface area contributed by atoms with Crippen LogP contribution in [0.3, 0.4) is 0 Å². The first kappa shape index (κ1) is 16.1. The van der Waals surface area contributed by atoms with Crippen molar-refractivity contribution in [2.45, 2.75) is 58.3 Å². The van der Waals surface area contributed by atoms with E-state index < -0.39 is 8.80 Å². The Hall–Kier alpha value is 0.0569. The fourth-order valence-corrected chi connectivity index (χ4v) is 4.28. The van der Waals surface area contributed by atoms with Crippen molar-refractivity contribution in [1.82, 2.24) is 0 Å². The summed E-state index contributed by atoms with van der Waals surface area (Å²) in [5, 5.41) is 0. The van der Waals surface area contributed by atoms with Gasteiger partial charge in [0.1, 0.15) is 0 Å². The van der Waals surface area contributed by atoms with Gasteiger partial charge >= 0.3 is 8.80 Å². The number of rotatable bonds is 8. The van der Waals surface area contributed by atoms with Crippen LogP contribution in [0.15, 0.2) is 0 Å². The zero-order valence-electron chi connectivity index (χ0n) is 12.2. The molecule has 18 heavy (non-hydrogen) atoms. The molecule has 0 N–H and O–H groups in total. The highest BCUT2D eigenvalue weighted by Gasteiger charge is 2.42. The summed E-state index contributed by atoms with van der Waals surface area (Å²) in [5.74, 6) is 0.488. The minimum atomic E-state index is -2.53. The van der Waals surface area contributed by atoms with Crippen molar-refractivity contribution >= 4 is 8.80 Å². The lowest BCUT2D eigenvalue weighted by Gasteiger charge is -2.35.